The third-order valence-electron chi connectivity index (χ3n) is 2.21. The van der Waals surface area contributed by atoms with E-state index in [0.717, 1.165) is 0 Å². The Morgan fingerprint density at radius 2 is 2.00 bits per heavy atom. The molecular weight excluding hydrogens is 236 g/mol. The van der Waals surface area contributed by atoms with Crippen LogP contribution in [-0.2, 0) is 9.59 Å². The maximum atomic E-state index is 11.5. The Morgan fingerprint density at radius 1 is 1.39 bits per heavy atom. The maximum absolute atomic E-state index is 11.5. The second-order valence-electron chi connectivity index (χ2n) is 4.54. The van der Waals surface area contributed by atoms with Crippen molar-refractivity contribution < 1.29 is 14.7 Å². The van der Waals surface area contributed by atoms with Gasteiger partial charge in [0.1, 0.15) is 6.04 Å². The first-order valence-electron chi connectivity index (χ1n) is 5.93. The number of carbonyl (C=O) groups excluding carboxylic acids is 1. The highest BCUT2D eigenvalue weighted by atomic mass is 16.4. The number of nitrogens with one attached hydrogen (secondary N) is 3. The maximum Gasteiger partial charge on any atom is 0.326 e. The SMILES string of the molecule is CC(C)CC(=O)NC(CCCNC(=N)N)C(=O)O. The van der Waals surface area contributed by atoms with Gasteiger partial charge in [-0.15, -0.1) is 0 Å². The van der Waals surface area contributed by atoms with Gasteiger partial charge in [0, 0.05) is 13.0 Å². The fourth-order valence-electron chi connectivity index (χ4n) is 1.41. The molecule has 0 bridgehead atoms. The summed E-state index contributed by atoms with van der Waals surface area (Å²) in [7, 11) is 0. The van der Waals surface area contributed by atoms with Crippen LogP contribution < -0.4 is 16.4 Å². The van der Waals surface area contributed by atoms with Gasteiger partial charge in [0.05, 0.1) is 0 Å². The van der Waals surface area contributed by atoms with Gasteiger partial charge in [-0.05, 0) is 18.8 Å². The molecule has 18 heavy (non-hydrogen) atoms. The van der Waals surface area contributed by atoms with Crippen LogP contribution in [0.3, 0.4) is 0 Å². The van der Waals surface area contributed by atoms with Gasteiger partial charge in [0.25, 0.3) is 0 Å². The molecule has 7 nitrogen and oxygen atoms in total. The molecule has 7 heteroatoms. The van der Waals surface area contributed by atoms with Crippen molar-refractivity contribution in [1.29, 1.82) is 5.41 Å². The van der Waals surface area contributed by atoms with E-state index in [4.69, 9.17) is 16.2 Å². The van der Waals surface area contributed by atoms with E-state index in [1.807, 2.05) is 13.8 Å². The van der Waals surface area contributed by atoms with Crippen LogP contribution in [0.5, 0.6) is 0 Å². The topological polar surface area (TPSA) is 128 Å². The van der Waals surface area contributed by atoms with Gasteiger partial charge in [0.15, 0.2) is 5.96 Å². The fourth-order valence-corrected chi connectivity index (χ4v) is 1.41. The minimum absolute atomic E-state index is 0.147. The molecule has 104 valence electrons. The van der Waals surface area contributed by atoms with E-state index in [-0.39, 0.29) is 17.8 Å². The van der Waals surface area contributed by atoms with Crippen molar-refractivity contribution in [3.05, 3.63) is 0 Å². The summed E-state index contributed by atoms with van der Waals surface area (Å²) in [6, 6.07) is -0.884. The second kappa shape index (κ2) is 8.32. The monoisotopic (exact) mass is 258 g/mol. The van der Waals surface area contributed by atoms with Crippen LogP contribution in [0.15, 0.2) is 0 Å². The molecule has 0 aromatic heterocycles. The Morgan fingerprint density at radius 3 is 2.44 bits per heavy atom. The third-order valence-corrected chi connectivity index (χ3v) is 2.21. The molecule has 0 aliphatic heterocycles. The molecular formula is C11H22N4O3. The van der Waals surface area contributed by atoms with E-state index in [9.17, 15) is 9.59 Å². The largest absolute Gasteiger partial charge is 0.480 e. The molecule has 0 rings (SSSR count). The lowest BCUT2D eigenvalue weighted by molar-refractivity contribution is -0.142. The van der Waals surface area contributed by atoms with E-state index >= 15 is 0 Å². The molecule has 0 aliphatic carbocycles. The van der Waals surface area contributed by atoms with Crippen LogP contribution in [0.1, 0.15) is 33.1 Å². The van der Waals surface area contributed by atoms with E-state index < -0.39 is 12.0 Å². The Kier molecular flexibility index (Phi) is 7.50. The molecule has 1 atom stereocenters. The molecule has 1 amide bonds. The lowest BCUT2D eigenvalue weighted by Gasteiger charge is -2.15. The molecule has 0 aliphatic rings. The van der Waals surface area contributed by atoms with Crippen molar-refractivity contribution >= 4 is 17.8 Å². The lowest BCUT2D eigenvalue weighted by atomic mass is 10.1. The van der Waals surface area contributed by atoms with Crippen LogP contribution >= 0.6 is 0 Å². The van der Waals surface area contributed by atoms with Crippen molar-refractivity contribution in [2.45, 2.75) is 39.2 Å². The summed E-state index contributed by atoms with van der Waals surface area (Å²) in [5.74, 6) is -1.25. The van der Waals surface area contributed by atoms with E-state index in [2.05, 4.69) is 10.6 Å². The van der Waals surface area contributed by atoms with Crippen LogP contribution in [0, 0.1) is 11.3 Å². The molecule has 0 radical (unpaired) electrons. The van der Waals surface area contributed by atoms with Crippen molar-refractivity contribution in [2.24, 2.45) is 11.7 Å². The molecule has 6 N–H and O–H groups in total. The summed E-state index contributed by atoms with van der Waals surface area (Å²) in [6.07, 6.45) is 1.13. The third kappa shape index (κ3) is 8.37. The summed E-state index contributed by atoms with van der Waals surface area (Å²) >= 11 is 0. The summed E-state index contributed by atoms with van der Waals surface area (Å²) in [6.45, 7) is 4.21. The quantitative estimate of drug-likeness (QED) is 0.235. The number of carboxylic acids is 1. The number of nitrogens with two attached hydrogens (primary N) is 1. The van der Waals surface area contributed by atoms with Gasteiger partial charge in [-0.25, -0.2) is 4.79 Å². The minimum Gasteiger partial charge on any atom is -0.480 e. The number of carbonyl (C=O) groups is 2. The van der Waals surface area contributed by atoms with Crippen LogP contribution in [0.25, 0.3) is 0 Å². The number of hydrogen-bond donors (Lipinski definition) is 5. The average Bonchev–Trinajstić information content (AvgIpc) is 2.20. The Bertz CT molecular complexity index is 305. The summed E-state index contributed by atoms with van der Waals surface area (Å²) in [5.41, 5.74) is 5.09. The summed E-state index contributed by atoms with van der Waals surface area (Å²) < 4.78 is 0. The highest BCUT2D eigenvalue weighted by Gasteiger charge is 2.19. The molecule has 0 aromatic carbocycles. The second-order valence-corrected chi connectivity index (χ2v) is 4.54. The summed E-state index contributed by atoms with van der Waals surface area (Å²) in [5, 5.41) is 21.0. The molecule has 0 saturated heterocycles. The first-order chi connectivity index (χ1) is 8.32. The minimum atomic E-state index is -1.05. The smallest absolute Gasteiger partial charge is 0.326 e. The number of amides is 1. The molecule has 0 fully saturated rings. The number of hydrogen-bond acceptors (Lipinski definition) is 3. The standard InChI is InChI=1S/C11H22N4O3/c1-7(2)6-9(16)15-8(10(17)18)4-3-5-14-11(12)13/h7-8H,3-6H2,1-2H3,(H,15,16)(H,17,18)(H4,12,13,14). The zero-order chi connectivity index (χ0) is 14.1. The number of guanidine groups is 1. The normalized spacial score (nSPS) is 11.9. The van der Waals surface area contributed by atoms with Crippen molar-refractivity contribution in [3.8, 4) is 0 Å². The van der Waals surface area contributed by atoms with Gasteiger partial charge >= 0.3 is 5.97 Å². The zero-order valence-electron chi connectivity index (χ0n) is 10.8. The van der Waals surface area contributed by atoms with Crippen molar-refractivity contribution in [2.75, 3.05) is 6.54 Å². The van der Waals surface area contributed by atoms with Crippen LogP contribution in [-0.4, -0.2) is 35.5 Å². The lowest BCUT2D eigenvalue weighted by Crippen LogP contribution is -2.41. The molecule has 0 aromatic rings. The number of aliphatic carboxylic acids is 1. The molecule has 0 heterocycles. The van der Waals surface area contributed by atoms with Crippen molar-refractivity contribution in [1.82, 2.24) is 10.6 Å². The Labute approximate surface area is 107 Å². The fraction of sp³-hybridized carbons (Fsp3) is 0.727. The predicted octanol–water partition coefficient (Wildman–Crippen LogP) is -0.135. The number of carboxylic acid groups (broad SMARTS) is 1. The van der Waals surface area contributed by atoms with Gasteiger partial charge in [0.2, 0.25) is 5.91 Å². The van der Waals surface area contributed by atoms with E-state index in [1.54, 1.807) is 0 Å². The molecule has 0 saturated carbocycles. The Hall–Kier alpha value is -1.79. The van der Waals surface area contributed by atoms with E-state index in [1.165, 1.54) is 0 Å². The van der Waals surface area contributed by atoms with Crippen LogP contribution in [0.2, 0.25) is 0 Å². The zero-order valence-corrected chi connectivity index (χ0v) is 10.8. The van der Waals surface area contributed by atoms with E-state index in [0.29, 0.717) is 25.8 Å². The molecule has 1 unspecified atom stereocenters. The highest BCUT2D eigenvalue weighted by molar-refractivity contribution is 5.83. The first-order valence-corrected chi connectivity index (χ1v) is 5.93. The van der Waals surface area contributed by atoms with Gasteiger partial charge in [-0.2, -0.15) is 0 Å². The van der Waals surface area contributed by atoms with Gasteiger partial charge in [-0.1, -0.05) is 13.8 Å². The first kappa shape index (κ1) is 16.2. The number of rotatable bonds is 8. The average molecular weight is 258 g/mol. The van der Waals surface area contributed by atoms with Crippen molar-refractivity contribution in [3.63, 3.8) is 0 Å². The Balaban J connectivity index is 4.03. The molecule has 0 spiro atoms. The predicted molar refractivity (Wildman–Crippen MR) is 68.2 cm³/mol. The highest BCUT2D eigenvalue weighted by Crippen LogP contribution is 2.02. The summed E-state index contributed by atoms with van der Waals surface area (Å²) in [4.78, 5) is 22.4. The van der Waals surface area contributed by atoms with Crippen LogP contribution in [0.4, 0.5) is 0 Å². The van der Waals surface area contributed by atoms with Gasteiger partial charge < -0.3 is 21.5 Å². The van der Waals surface area contributed by atoms with Gasteiger partial charge in [-0.3, -0.25) is 10.2 Å².